The fourth-order valence-corrected chi connectivity index (χ4v) is 1.67. The molecule has 79 valence electrons. The van der Waals surface area contributed by atoms with Gasteiger partial charge in [-0.25, -0.2) is 0 Å². The molecule has 2 nitrogen and oxygen atoms in total. The highest BCUT2D eigenvalue weighted by molar-refractivity contribution is 5.84. The number of nitrogens with zero attached hydrogens (tertiary/aromatic N) is 1. The molecule has 0 N–H and O–H groups in total. The molecule has 1 aliphatic rings. The van der Waals surface area contributed by atoms with Crippen LogP contribution in [0.3, 0.4) is 0 Å². The number of benzene rings is 1. The lowest BCUT2D eigenvalue weighted by Gasteiger charge is -2.11. The van der Waals surface area contributed by atoms with E-state index in [2.05, 4.69) is 23.7 Å². The molecule has 1 aromatic carbocycles. The van der Waals surface area contributed by atoms with Gasteiger partial charge in [-0.3, -0.25) is 0 Å². The van der Waals surface area contributed by atoms with Crippen LogP contribution in [-0.2, 0) is 11.4 Å². The van der Waals surface area contributed by atoms with Gasteiger partial charge in [0, 0.05) is 0 Å². The summed E-state index contributed by atoms with van der Waals surface area (Å²) < 4.78 is 0. The summed E-state index contributed by atoms with van der Waals surface area (Å²) >= 11 is 0. The molecule has 1 aliphatic carbocycles. The van der Waals surface area contributed by atoms with Gasteiger partial charge in [-0.2, -0.15) is 0 Å². The standard InChI is InChI=1S/C13H16NO/c1-3-7-12(8-4-1)11-15-14-13-9-5-2-6-10-13/h1-4,7-8H,5-6,9-11H2. The molecule has 2 heteroatoms. The maximum Gasteiger partial charge on any atom is 0.142 e. The minimum Gasteiger partial charge on any atom is -0.391 e. The first kappa shape index (κ1) is 10.2. The summed E-state index contributed by atoms with van der Waals surface area (Å²) in [6.45, 7) is 0.577. The lowest BCUT2D eigenvalue weighted by molar-refractivity contribution is 0.129. The van der Waals surface area contributed by atoms with Crippen molar-refractivity contribution in [2.24, 2.45) is 5.16 Å². The Morgan fingerprint density at radius 2 is 1.80 bits per heavy atom. The van der Waals surface area contributed by atoms with E-state index >= 15 is 0 Å². The summed E-state index contributed by atoms with van der Waals surface area (Å²) in [5, 5.41) is 4.18. The van der Waals surface area contributed by atoms with E-state index in [1.807, 2.05) is 18.2 Å². The minimum absolute atomic E-state index is 0.577. The first-order chi connectivity index (χ1) is 7.45. The van der Waals surface area contributed by atoms with E-state index in [9.17, 15) is 0 Å². The van der Waals surface area contributed by atoms with Crippen molar-refractivity contribution in [3.05, 3.63) is 42.3 Å². The van der Waals surface area contributed by atoms with Crippen molar-refractivity contribution in [2.45, 2.75) is 32.3 Å². The third-order valence-electron chi connectivity index (χ3n) is 2.54. The lowest BCUT2D eigenvalue weighted by Crippen LogP contribution is -2.05. The van der Waals surface area contributed by atoms with Gasteiger partial charge in [-0.1, -0.05) is 35.5 Å². The van der Waals surface area contributed by atoms with Gasteiger partial charge in [0.05, 0.1) is 5.71 Å². The molecule has 0 unspecified atom stereocenters. The van der Waals surface area contributed by atoms with Crippen LogP contribution < -0.4 is 0 Å². The molecular formula is C13H16NO. The van der Waals surface area contributed by atoms with Gasteiger partial charge < -0.3 is 4.84 Å². The molecule has 0 aliphatic heterocycles. The molecule has 0 heterocycles. The second-order valence-electron chi connectivity index (χ2n) is 3.78. The average molecular weight is 202 g/mol. The van der Waals surface area contributed by atoms with E-state index in [0.29, 0.717) is 6.61 Å². The number of hydrogen-bond acceptors (Lipinski definition) is 2. The van der Waals surface area contributed by atoms with Crippen molar-refractivity contribution in [1.82, 2.24) is 0 Å². The van der Waals surface area contributed by atoms with E-state index in [1.165, 1.54) is 11.3 Å². The highest BCUT2D eigenvalue weighted by Gasteiger charge is 2.06. The maximum absolute atomic E-state index is 5.33. The van der Waals surface area contributed by atoms with Crippen LogP contribution in [0.2, 0.25) is 0 Å². The largest absolute Gasteiger partial charge is 0.391 e. The van der Waals surface area contributed by atoms with Gasteiger partial charge in [0.15, 0.2) is 0 Å². The van der Waals surface area contributed by atoms with E-state index in [1.54, 1.807) is 0 Å². The van der Waals surface area contributed by atoms with Crippen molar-refractivity contribution < 1.29 is 4.84 Å². The van der Waals surface area contributed by atoms with Crippen LogP contribution in [0.5, 0.6) is 0 Å². The summed E-state index contributed by atoms with van der Waals surface area (Å²) in [4.78, 5) is 5.33. The Bertz CT molecular complexity index is 311. The van der Waals surface area contributed by atoms with Crippen LogP contribution in [0, 0.1) is 6.42 Å². The van der Waals surface area contributed by atoms with Gasteiger partial charge >= 0.3 is 0 Å². The quantitative estimate of drug-likeness (QED) is 0.689. The highest BCUT2D eigenvalue weighted by atomic mass is 16.6. The molecule has 1 saturated carbocycles. The summed E-state index contributed by atoms with van der Waals surface area (Å²) in [6, 6.07) is 10.1. The first-order valence-electron chi connectivity index (χ1n) is 5.48. The zero-order valence-electron chi connectivity index (χ0n) is 8.86. The molecule has 0 atom stereocenters. The summed E-state index contributed by atoms with van der Waals surface area (Å²) in [6.07, 6.45) is 6.74. The molecule has 0 saturated heterocycles. The van der Waals surface area contributed by atoms with Crippen molar-refractivity contribution in [3.8, 4) is 0 Å². The van der Waals surface area contributed by atoms with Gasteiger partial charge in [0.25, 0.3) is 0 Å². The predicted octanol–water partition coefficient (Wildman–Crippen LogP) is 3.34. The third-order valence-corrected chi connectivity index (χ3v) is 2.54. The number of rotatable bonds is 3. The lowest BCUT2D eigenvalue weighted by atomic mass is 9.99. The maximum atomic E-state index is 5.33. The predicted molar refractivity (Wildman–Crippen MR) is 61.4 cm³/mol. The van der Waals surface area contributed by atoms with E-state index < -0.39 is 0 Å². The zero-order chi connectivity index (χ0) is 10.3. The second-order valence-corrected chi connectivity index (χ2v) is 3.78. The van der Waals surface area contributed by atoms with Crippen molar-refractivity contribution in [1.29, 1.82) is 0 Å². The molecule has 1 fully saturated rings. The normalized spacial score (nSPS) is 16.1. The summed E-state index contributed by atoms with van der Waals surface area (Å²) in [7, 11) is 0. The fraction of sp³-hybridized carbons (Fsp3) is 0.385. The molecule has 15 heavy (non-hydrogen) atoms. The summed E-state index contributed by atoms with van der Waals surface area (Å²) in [5.41, 5.74) is 2.37. The Hall–Kier alpha value is -1.31. The van der Waals surface area contributed by atoms with Gasteiger partial charge in [-0.05, 0) is 37.7 Å². The van der Waals surface area contributed by atoms with E-state index in [4.69, 9.17) is 4.84 Å². The molecule has 0 spiro atoms. The van der Waals surface area contributed by atoms with Gasteiger partial charge in [0.2, 0.25) is 0 Å². The second kappa shape index (κ2) is 5.54. The zero-order valence-corrected chi connectivity index (χ0v) is 8.86. The molecule has 2 rings (SSSR count). The van der Waals surface area contributed by atoms with Crippen LogP contribution in [-0.4, -0.2) is 5.71 Å². The van der Waals surface area contributed by atoms with Crippen molar-refractivity contribution >= 4 is 5.71 Å². The Balaban J connectivity index is 1.78. The Kier molecular flexibility index (Phi) is 3.77. The molecule has 0 bridgehead atoms. The van der Waals surface area contributed by atoms with Gasteiger partial charge in [-0.15, -0.1) is 0 Å². The smallest absolute Gasteiger partial charge is 0.142 e. The van der Waals surface area contributed by atoms with Gasteiger partial charge in [0.1, 0.15) is 6.61 Å². The Morgan fingerprint density at radius 3 is 2.53 bits per heavy atom. The van der Waals surface area contributed by atoms with Crippen LogP contribution in [0.15, 0.2) is 35.5 Å². The minimum atomic E-state index is 0.577. The first-order valence-corrected chi connectivity index (χ1v) is 5.48. The number of oxime groups is 1. The van der Waals surface area contributed by atoms with Crippen LogP contribution in [0.1, 0.15) is 31.2 Å². The number of hydrogen-bond donors (Lipinski definition) is 0. The summed E-state index contributed by atoms with van der Waals surface area (Å²) in [5.74, 6) is 0. The molecular weight excluding hydrogens is 186 g/mol. The van der Waals surface area contributed by atoms with E-state index in [0.717, 1.165) is 25.7 Å². The Labute approximate surface area is 90.9 Å². The van der Waals surface area contributed by atoms with Crippen molar-refractivity contribution in [2.75, 3.05) is 0 Å². The van der Waals surface area contributed by atoms with Crippen LogP contribution in [0.25, 0.3) is 0 Å². The van der Waals surface area contributed by atoms with Crippen LogP contribution >= 0.6 is 0 Å². The topological polar surface area (TPSA) is 21.6 Å². The monoisotopic (exact) mass is 202 g/mol. The fourth-order valence-electron chi connectivity index (χ4n) is 1.67. The molecule has 1 radical (unpaired) electrons. The SMILES string of the molecule is [CH]1CCC(=NOCc2ccccc2)CC1. The third kappa shape index (κ3) is 3.39. The molecule has 0 aromatic heterocycles. The van der Waals surface area contributed by atoms with E-state index in [-0.39, 0.29) is 0 Å². The van der Waals surface area contributed by atoms with Crippen LogP contribution in [0.4, 0.5) is 0 Å². The molecule has 0 amide bonds. The molecule has 1 aromatic rings. The average Bonchev–Trinajstić information content (AvgIpc) is 2.32. The Morgan fingerprint density at radius 1 is 1.07 bits per heavy atom. The highest BCUT2D eigenvalue weighted by Crippen LogP contribution is 2.14. The van der Waals surface area contributed by atoms with Crippen molar-refractivity contribution in [3.63, 3.8) is 0 Å².